The van der Waals surface area contributed by atoms with Gasteiger partial charge in [-0.2, -0.15) is 4.98 Å². The van der Waals surface area contributed by atoms with Gasteiger partial charge in [0.25, 0.3) is 11.8 Å². The van der Waals surface area contributed by atoms with Crippen LogP contribution in [0.15, 0.2) is 126 Å². The van der Waals surface area contributed by atoms with Gasteiger partial charge in [0.1, 0.15) is 28.8 Å². The second kappa shape index (κ2) is 26.6. The number of halogens is 1. The third kappa shape index (κ3) is 13.9. The second-order valence-corrected chi connectivity index (χ2v) is 20.9. The van der Waals surface area contributed by atoms with E-state index >= 15 is 0 Å². The number of benzene rings is 4. The predicted octanol–water partition coefficient (Wildman–Crippen LogP) is 9.53. The molecule has 1 aromatic heterocycles. The Hall–Kier alpha value is -9.50. The van der Waals surface area contributed by atoms with Gasteiger partial charge in [0.05, 0.1) is 69.1 Å². The van der Waals surface area contributed by atoms with Crippen LogP contribution in [0.2, 0.25) is 5.15 Å². The molecule has 5 heterocycles. The number of methoxy groups -OCH3 is 3. The number of ether oxygens (including phenoxy) is 5. The number of carbonyl (C=O) groups is 5. The van der Waals surface area contributed by atoms with Crippen molar-refractivity contribution in [3.8, 4) is 28.7 Å². The fourth-order valence-electron chi connectivity index (χ4n) is 9.76. The summed E-state index contributed by atoms with van der Waals surface area (Å²) in [4.78, 5) is 89.0. The van der Waals surface area contributed by atoms with Gasteiger partial charge in [-0.05, 0) is 84.0 Å². The minimum atomic E-state index is -0.931. The topological polar surface area (TPSA) is 249 Å². The van der Waals surface area contributed by atoms with Crippen LogP contribution in [0.1, 0.15) is 84.7 Å². The first kappa shape index (κ1) is 59.1. The number of aromatic nitrogens is 2. The number of allylic oxidation sites excluding steroid dienone is 1. The summed E-state index contributed by atoms with van der Waals surface area (Å²) in [5.74, 6) is 1.08. The summed E-state index contributed by atoms with van der Waals surface area (Å²) in [6.45, 7) is 13.5. The van der Waals surface area contributed by atoms with Gasteiger partial charge in [-0.25, -0.2) is 4.98 Å². The molecular formula is C62H66ClN11O10. The Morgan fingerprint density at radius 2 is 1.26 bits per heavy atom. The summed E-state index contributed by atoms with van der Waals surface area (Å²) < 4.78 is 29.0. The minimum Gasteiger partial charge on any atom is -0.497 e. The maximum Gasteiger partial charge on any atom is 0.260 e. The van der Waals surface area contributed by atoms with Crippen molar-refractivity contribution in [1.82, 2.24) is 30.4 Å². The molecule has 0 bridgehead atoms. The summed E-state index contributed by atoms with van der Waals surface area (Å²) in [5.41, 5.74) is 6.49. The van der Waals surface area contributed by atoms with Gasteiger partial charge in [-0.3, -0.25) is 34.0 Å². The Balaban J connectivity index is 0.734. The van der Waals surface area contributed by atoms with Crippen LogP contribution >= 0.6 is 11.6 Å². The smallest absolute Gasteiger partial charge is 0.260 e. The molecule has 4 aliphatic rings. The number of nitrogens with zero attached hydrogens (tertiary/aromatic N) is 6. The van der Waals surface area contributed by atoms with Crippen molar-refractivity contribution in [2.45, 2.75) is 77.0 Å². The van der Waals surface area contributed by atoms with Crippen LogP contribution in [0.5, 0.6) is 28.7 Å². The molecule has 0 spiro atoms. The Bertz CT molecular complexity index is 3490. The van der Waals surface area contributed by atoms with Gasteiger partial charge in [0, 0.05) is 86.6 Å². The predicted molar refractivity (Wildman–Crippen MR) is 323 cm³/mol. The zero-order valence-corrected chi connectivity index (χ0v) is 48.2. The molecule has 4 aromatic carbocycles. The lowest BCUT2D eigenvalue weighted by molar-refractivity contribution is -0.131. The number of hydrogen-bond donors (Lipinski definition) is 5. The molecule has 5 amide bonds. The third-order valence-electron chi connectivity index (χ3n) is 14.3. The van der Waals surface area contributed by atoms with Crippen LogP contribution < -0.4 is 50.3 Å². The van der Waals surface area contributed by atoms with Crippen LogP contribution in [-0.4, -0.2) is 127 Å². The quantitative estimate of drug-likeness (QED) is 0.0207. The molecular weight excluding hydrogens is 1090 g/mol. The molecule has 1 unspecified atom stereocenters. The zero-order valence-electron chi connectivity index (χ0n) is 47.5. The van der Waals surface area contributed by atoms with E-state index in [4.69, 9.17) is 45.3 Å². The maximum atomic E-state index is 14.1. The molecule has 0 radical (unpaired) electrons. The second-order valence-electron chi connectivity index (χ2n) is 20.5. The number of hydrogen-bond acceptors (Lipinski definition) is 16. The number of anilines is 3. The van der Waals surface area contributed by atoms with Crippen molar-refractivity contribution < 1.29 is 47.7 Å². The summed E-state index contributed by atoms with van der Waals surface area (Å²) >= 11 is 6.13. The molecule has 0 saturated heterocycles. The van der Waals surface area contributed by atoms with Gasteiger partial charge in [0.15, 0.2) is 23.0 Å². The van der Waals surface area contributed by atoms with Crippen LogP contribution in [-0.2, 0) is 14.4 Å². The fourth-order valence-corrected chi connectivity index (χ4v) is 9.95. The van der Waals surface area contributed by atoms with E-state index in [2.05, 4.69) is 49.7 Å². The Morgan fingerprint density at radius 3 is 1.79 bits per heavy atom. The molecule has 5 N–H and O–H groups in total. The summed E-state index contributed by atoms with van der Waals surface area (Å²) in [7, 11) is 4.65. The number of carbonyl (C=O) groups excluding carboxylic acids is 5. The Labute approximate surface area is 491 Å². The summed E-state index contributed by atoms with van der Waals surface area (Å²) in [6, 6.07) is 20.8. The summed E-state index contributed by atoms with van der Waals surface area (Å²) in [6.07, 6.45) is 10.9. The van der Waals surface area contributed by atoms with Crippen molar-refractivity contribution in [3.05, 3.63) is 144 Å². The molecule has 436 valence electrons. The highest BCUT2D eigenvalue weighted by Crippen LogP contribution is 2.42. The van der Waals surface area contributed by atoms with Crippen molar-refractivity contribution in [1.29, 1.82) is 0 Å². The van der Waals surface area contributed by atoms with Crippen molar-refractivity contribution in [2.75, 3.05) is 57.0 Å². The number of fused-ring (bicyclic) bond motifs is 4. The van der Waals surface area contributed by atoms with E-state index in [0.29, 0.717) is 94.9 Å². The molecule has 9 rings (SSSR count). The van der Waals surface area contributed by atoms with E-state index in [-0.39, 0.29) is 66.5 Å². The first-order valence-corrected chi connectivity index (χ1v) is 27.8. The number of rotatable bonds is 25. The minimum absolute atomic E-state index is 0.113. The maximum absolute atomic E-state index is 14.1. The highest BCUT2D eigenvalue weighted by atomic mass is 35.5. The SMILES string of the molecule is C=CC(=C)Nc1cc(Cl)nc(NCCCC(=O)N[C@H](C(=O)N[C@@H](C)C(=O)Nc2ccc(C3=CN4C(=O)c5cc(OC)c(OCCCOc6cc7c(cc6OC)C(=O)N6C=C(c8ccc(OC)cc8)C[C@H]6C=N7)cc5N=CC4C3)cc2)C(C)C)n1. The fraction of sp³-hybridized carbons (Fsp3) is 0.306. The average molecular weight is 1160 g/mol. The van der Waals surface area contributed by atoms with E-state index in [9.17, 15) is 24.0 Å². The monoisotopic (exact) mass is 1160 g/mol. The first-order chi connectivity index (χ1) is 40.5. The van der Waals surface area contributed by atoms with Crippen LogP contribution in [0, 0.1) is 5.92 Å². The van der Waals surface area contributed by atoms with Crippen molar-refractivity contribution in [2.24, 2.45) is 15.9 Å². The highest BCUT2D eigenvalue weighted by Gasteiger charge is 2.36. The normalized spacial score (nSPS) is 16.3. The Morgan fingerprint density at radius 1 is 0.702 bits per heavy atom. The average Bonchev–Trinajstić information content (AvgIpc) is 3.99. The summed E-state index contributed by atoms with van der Waals surface area (Å²) in [5, 5.41) is 14.6. The lowest BCUT2D eigenvalue weighted by Crippen LogP contribution is -2.53. The molecule has 21 nitrogen and oxygen atoms in total. The Kier molecular flexibility index (Phi) is 18.7. The highest BCUT2D eigenvalue weighted by molar-refractivity contribution is 6.29. The molecule has 4 atom stereocenters. The molecule has 0 saturated carbocycles. The standard InChI is InChI=1S/C62H66ClN11O10/c1-9-36(4)67-55-30-54(63)70-62(71-55)64-21-10-12-56(75)72-57(35(2)3)59(77)68-37(5)58(76)69-42-17-13-38(14-18-42)40-24-43-31-65-48-28-52(50(81-7)26-46(48)60(78)73(43)33-40)83-22-11-23-84-53-29-49-47(27-51(53)82-8)61(79)74-34-41(25-44(74)32-66-49)39-15-19-45(80-6)20-16-39/h9,13-20,26-35,37,43-44,57H,1,4,10-12,21-25H2,2-3,5-8H3,(H,68,77)(H,69,76)(H,72,75)(H2,64,67,70,71)/t37-,43?,44-,57-/m0/s1. The molecule has 5 aromatic rings. The lowest BCUT2D eigenvalue weighted by Gasteiger charge is -2.24. The number of amides is 5. The zero-order chi connectivity index (χ0) is 59.6. The van der Waals surface area contributed by atoms with E-state index in [1.807, 2.05) is 48.8 Å². The van der Waals surface area contributed by atoms with Crippen LogP contribution in [0.4, 0.5) is 28.8 Å². The third-order valence-corrected chi connectivity index (χ3v) is 14.5. The molecule has 84 heavy (non-hydrogen) atoms. The number of aliphatic imine (C=N–C) groups is 2. The van der Waals surface area contributed by atoms with Crippen molar-refractivity contribution in [3.63, 3.8) is 0 Å². The molecule has 22 heteroatoms. The lowest BCUT2D eigenvalue weighted by atomic mass is 10.0. The van der Waals surface area contributed by atoms with Gasteiger partial charge >= 0.3 is 0 Å². The number of nitrogens with one attached hydrogen (secondary N) is 5. The van der Waals surface area contributed by atoms with Crippen LogP contribution in [0.3, 0.4) is 0 Å². The molecule has 4 aliphatic heterocycles. The van der Waals surface area contributed by atoms with E-state index in [0.717, 1.165) is 28.0 Å². The first-order valence-electron chi connectivity index (χ1n) is 27.4. The van der Waals surface area contributed by atoms with E-state index in [1.165, 1.54) is 20.3 Å². The van der Waals surface area contributed by atoms with Gasteiger partial charge in [-0.15, -0.1) is 0 Å². The molecule has 0 fully saturated rings. The largest absolute Gasteiger partial charge is 0.497 e. The van der Waals surface area contributed by atoms with Gasteiger partial charge in [0.2, 0.25) is 23.7 Å². The van der Waals surface area contributed by atoms with E-state index < -0.39 is 23.9 Å². The van der Waals surface area contributed by atoms with Crippen molar-refractivity contribution >= 4 is 93.5 Å². The van der Waals surface area contributed by atoms with Gasteiger partial charge in [-0.1, -0.05) is 62.9 Å². The van der Waals surface area contributed by atoms with E-state index in [1.54, 1.807) is 92.6 Å². The van der Waals surface area contributed by atoms with Gasteiger partial charge < -0.3 is 60.1 Å². The van der Waals surface area contributed by atoms with Crippen LogP contribution in [0.25, 0.3) is 11.1 Å². The molecule has 0 aliphatic carbocycles.